The first-order valence-electron chi connectivity index (χ1n) is 3.59. The fourth-order valence-corrected chi connectivity index (χ4v) is 2.10. The van der Waals surface area contributed by atoms with E-state index in [-0.39, 0.29) is 5.30 Å². The molecule has 0 saturated carbocycles. The van der Waals surface area contributed by atoms with Gasteiger partial charge in [-0.1, -0.05) is 18.2 Å². The SMILES string of the molecule is O=C([O-])CP(=O)(O)c1ccccc1. The highest BCUT2D eigenvalue weighted by Crippen LogP contribution is 2.37. The molecule has 13 heavy (non-hydrogen) atoms. The topological polar surface area (TPSA) is 77.4 Å². The van der Waals surface area contributed by atoms with Crippen molar-refractivity contribution in [2.24, 2.45) is 0 Å². The van der Waals surface area contributed by atoms with Gasteiger partial charge in [0, 0.05) is 5.30 Å². The van der Waals surface area contributed by atoms with Gasteiger partial charge in [-0.15, -0.1) is 0 Å². The quantitative estimate of drug-likeness (QED) is 0.655. The van der Waals surface area contributed by atoms with E-state index in [2.05, 4.69) is 0 Å². The molecule has 0 aliphatic heterocycles. The zero-order chi connectivity index (χ0) is 9.90. The molecule has 0 aromatic heterocycles. The van der Waals surface area contributed by atoms with Gasteiger partial charge in [0.15, 0.2) is 0 Å². The molecule has 1 rings (SSSR count). The van der Waals surface area contributed by atoms with Crippen molar-refractivity contribution in [3.8, 4) is 0 Å². The standard InChI is InChI=1S/C8H9O4P/c9-8(10)6-13(11,12)7-4-2-1-3-5-7/h1-5H,6H2,(H,9,10)(H,11,12)/p-1. The second-order valence-corrected chi connectivity index (χ2v) is 4.80. The monoisotopic (exact) mass is 199 g/mol. The van der Waals surface area contributed by atoms with Crippen LogP contribution in [0.1, 0.15) is 0 Å². The van der Waals surface area contributed by atoms with E-state index in [9.17, 15) is 19.4 Å². The summed E-state index contributed by atoms with van der Waals surface area (Å²) in [4.78, 5) is 19.4. The van der Waals surface area contributed by atoms with Gasteiger partial charge >= 0.3 is 0 Å². The third-order valence-electron chi connectivity index (χ3n) is 1.50. The van der Waals surface area contributed by atoms with Gasteiger partial charge in [-0.3, -0.25) is 4.57 Å². The number of hydrogen-bond acceptors (Lipinski definition) is 3. The summed E-state index contributed by atoms with van der Waals surface area (Å²) < 4.78 is 11.4. The Morgan fingerprint density at radius 1 is 1.38 bits per heavy atom. The lowest BCUT2D eigenvalue weighted by molar-refractivity contribution is -0.301. The Balaban J connectivity index is 2.95. The minimum absolute atomic E-state index is 0.138. The summed E-state index contributed by atoms with van der Waals surface area (Å²) in [5.41, 5.74) is 0. The molecule has 0 spiro atoms. The lowest BCUT2D eigenvalue weighted by atomic mass is 10.4. The van der Waals surface area contributed by atoms with Crippen molar-refractivity contribution in [3.63, 3.8) is 0 Å². The first-order chi connectivity index (χ1) is 6.02. The number of aliphatic carboxylic acids is 1. The molecule has 0 fully saturated rings. The Morgan fingerprint density at radius 3 is 2.38 bits per heavy atom. The van der Waals surface area contributed by atoms with Crippen LogP contribution in [0.3, 0.4) is 0 Å². The van der Waals surface area contributed by atoms with E-state index < -0.39 is 19.5 Å². The summed E-state index contributed by atoms with van der Waals surface area (Å²) in [7, 11) is -3.76. The third kappa shape index (κ3) is 2.68. The third-order valence-corrected chi connectivity index (χ3v) is 3.29. The largest absolute Gasteiger partial charge is 0.550 e. The first-order valence-corrected chi connectivity index (χ1v) is 5.44. The second kappa shape index (κ2) is 3.73. The molecule has 0 aliphatic rings. The van der Waals surface area contributed by atoms with Gasteiger partial charge in [0.2, 0.25) is 7.37 Å². The number of carbonyl (C=O) groups is 1. The van der Waals surface area contributed by atoms with E-state index in [1.54, 1.807) is 18.2 Å². The van der Waals surface area contributed by atoms with Crippen LogP contribution in [0, 0.1) is 0 Å². The van der Waals surface area contributed by atoms with Gasteiger partial charge in [0.1, 0.15) is 0 Å². The molecule has 1 aromatic carbocycles. The predicted octanol–water partition coefficient (Wildman–Crippen LogP) is -0.668. The normalized spacial score (nSPS) is 14.8. The number of rotatable bonds is 3. The molecule has 0 saturated heterocycles. The van der Waals surface area contributed by atoms with Crippen LogP contribution in [-0.4, -0.2) is 17.0 Å². The van der Waals surface area contributed by atoms with Gasteiger partial charge < -0.3 is 14.8 Å². The molecule has 0 radical (unpaired) electrons. The molecule has 4 nitrogen and oxygen atoms in total. The Bertz CT molecular complexity index is 346. The highest BCUT2D eigenvalue weighted by Gasteiger charge is 2.20. The molecule has 5 heteroatoms. The molecule has 1 aromatic rings. The van der Waals surface area contributed by atoms with Crippen LogP contribution >= 0.6 is 7.37 Å². The molecule has 1 atom stereocenters. The maximum Gasteiger partial charge on any atom is 0.235 e. The van der Waals surface area contributed by atoms with Crippen LogP contribution in [0.15, 0.2) is 30.3 Å². The average Bonchev–Trinajstić information content (AvgIpc) is 2.04. The van der Waals surface area contributed by atoms with Gasteiger partial charge in [-0.2, -0.15) is 0 Å². The van der Waals surface area contributed by atoms with E-state index in [1.807, 2.05) is 0 Å². The van der Waals surface area contributed by atoms with Crippen LogP contribution in [0.5, 0.6) is 0 Å². The van der Waals surface area contributed by atoms with Gasteiger partial charge in [-0.25, -0.2) is 0 Å². The van der Waals surface area contributed by atoms with Crippen molar-refractivity contribution in [1.29, 1.82) is 0 Å². The minimum atomic E-state index is -3.76. The van der Waals surface area contributed by atoms with Crippen LogP contribution in [0.2, 0.25) is 0 Å². The summed E-state index contributed by atoms with van der Waals surface area (Å²) in [5.74, 6) is -1.52. The lowest BCUT2D eigenvalue weighted by Gasteiger charge is -2.11. The molecular formula is C8H8O4P-. The molecule has 0 aliphatic carbocycles. The summed E-state index contributed by atoms with van der Waals surface area (Å²) in [5, 5.41) is 10.3. The summed E-state index contributed by atoms with van der Waals surface area (Å²) >= 11 is 0. The van der Waals surface area contributed by atoms with Crippen molar-refractivity contribution < 1.29 is 19.4 Å². The fourth-order valence-electron chi connectivity index (χ4n) is 0.927. The van der Waals surface area contributed by atoms with Crippen LogP contribution < -0.4 is 10.4 Å². The van der Waals surface area contributed by atoms with E-state index in [0.29, 0.717) is 0 Å². The number of carboxylic acids is 1. The molecule has 0 heterocycles. The van der Waals surface area contributed by atoms with Crippen LogP contribution in [0.25, 0.3) is 0 Å². The molecule has 1 unspecified atom stereocenters. The number of hydrogen-bond donors (Lipinski definition) is 1. The fraction of sp³-hybridized carbons (Fsp3) is 0.125. The maximum atomic E-state index is 11.4. The van der Waals surface area contributed by atoms with Crippen molar-refractivity contribution in [2.75, 3.05) is 6.16 Å². The first kappa shape index (κ1) is 9.96. The van der Waals surface area contributed by atoms with Gasteiger partial charge in [0.25, 0.3) is 0 Å². The zero-order valence-corrected chi connectivity index (χ0v) is 7.61. The van der Waals surface area contributed by atoms with Crippen LogP contribution in [-0.2, 0) is 9.36 Å². The van der Waals surface area contributed by atoms with Crippen molar-refractivity contribution >= 4 is 18.6 Å². The van der Waals surface area contributed by atoms with Crippen molar-refractivity contribution in [3.05, 3.63) is 30.3 Å². The van der Waals surface area contributed by atoms with E-state index in [4.69, 9.17) is 0 Å². The van der Waals surface area contributed by atoms with E-state index in [1.165, 1.54) is 12.1 Å². The second-order valence-electron chi connectivity index (χ2n) is 2.57. The Hall–Kier alpha value is -1.12. The predicted molar refractivity (Wildman–Crippen MR) is 45.8 cm³/mol. The Morgan fingerprint density at radius 2 is 1.92 bits per heavy atom. The summed E-state index contributed by atoms with van der Waals surface area (Å²) in [6, 6.07) is 7.68. The summed E-state index contributed by atoms with van der Waals surface area (Å²) in [6.07, 6.45) is -0.836. The molecule has 0 bridgehead atoms. The van der Waals surface area contributed by atoms with Crippen molar-refractivity contribution in [1.82, 2.24) is 0 Å². The molecule has 1 N–H and O–H groups in total. The zero-order valence-electron chi connectivity index (χ0n) is 6.71. The van der Waals surface area contributed by atoms with E-state index in [0.717, 1.165) is 0 Å². The minimum Gasteiger partial charge on any atom is -0.550 e. The van der Waals surface area contributed by atoms with Gasteiger partial charge in [-0.05, 0) is 12.1 Å². The number of carbonyl (C=O) groups excluding carboxylic acids is 1. The highest BCUT2D eigenvalue weighted by atomic mass is 31.2. The highest BCUT2D eigenvalue weighted by molar-refractivity contribution is 7.66. The number of carboxylic acid groups (broad SMARTS) is 1. The van der Waals surface area contributed by atoms with Gasteiger partial charge in [0.05, 0.1) is 12.1 Å². The Kier molecular flexibility index (Phi) is 2.86. The number of benzene rings is 1. The summed E-state index contributed by atoms with van der Waals surface area (Å²) in [6.45, 7) is 0. The van der Waals surface area contributed by atoms with Crippen molar-refractivity contribution in [2.45, 2.75) is 0 Å². The van der Waals surface area contributed by atoms with Crippen LogP contribution in [0.4, 0.5) is 0 Å². The maximum absolute atomic E-state index is 11.4. The molecule has 70 valence electrons. The molecular weight excluding hydrogens is 191 g/mol. The molecule has 0 amide bonds. The Labute approximate surface area is 75.3 Å². The van der Waals surface area contributed by atoms with E-state index >= 15 is 0 Å². The lowest BCUT2D eigenvalue weighted by Crippen LogP contribution is -2.28. The smallest absolute Gasteiger partial charge is 0.235 e. The average molecular weight is 199 g/mol.